The van der Waals surface area contributed by atoms with E-state index in [1.165, 1.54) is 0 Å². The van der Waals surface area contributed by atoms with Crippen molar-refractivity contribution in [1.29, 1.82) is 0 Å². The highest BCUT2D eigenvalue weighted by Gasteiger charge is 2.15. The molecule has 1 atom stereocenters. The molecule has 1 rings (SSSR count). The highest BCUT2D eigenvalue weighted by Crippen LogP contribution is 2.28. The van der Waals surface area contributed by atoms with Crippen molar-refractivity contribution in [2.45, 2.75) is 25.8 Å². The molecule has 1 N–H and O–H groups in total. The van der Waals surface area contributed by atoms with Gasteiger partial charge in [0.05, 0.1) is 5.75 Å². The summed E-state index contributed by atoms with van der Waals surface area (Å²) in [6, 6.07) is 5.40. The second kappa shape index (κ2) is 7.48. The molecule has 3 nitrogen and oxygen atoms in total. The number of nitrogens with one attached hydrogen (secondary N) is 1. The Morgan fingerprint density at radius 2 is 2.00 bits per heavy atom. The van der Waals surface area contributed by atoms with E-state index in [-0.39, 0.29) is 17.5 Å². The first kappa shape index (κ1) is 16.8. The molecule has 1 unspecified atom stereocenters. The van der Waals surface area contributed by atoms with Gasteiger partial charge in [0.2, 0.25) is 0 Å². The maximum Gasteiger partial charge on any atom is 0.150 e. The van der Waals surface area contributed by atoms with Crippen LogP contribution in [0.3, 0.4) is 0 Å². The van der Waals surface area contributed by atoms with Crippen LogP contribution in [-0.2, 0) is 9.84 Å². The SMILES string of the molecule is CCS(=O)(=O)CCCC(NC)c1ccc(Cl)cc1Cl. The van der Waals surface area contributed by atoms with Gasteiger partial charge in [0, 0.05) is 21.8 Å². The fraction of sp³-hybridized carbons (Fsp3) is 0.538. The topological polar surface area (TPSA) is 46.2 Å². The van der Waals surface area contributed by atoms with Gasteiger partial charge in [0.1, 0.15) is 9.84 Å². The third-order valence-corrected chi connectivity index (χ3v) is 5.43. The number of halogens is 2. The van der Waals surface area contributed by atoms with Crippen LogP contribution in [0, 0.1) is 0 Å². The van der Waals surface area contributed by atoms with Crippen LogP contribution in [0.4, 0.5) is 0 Å². The molecule has 0 radical (unpaired) electrons. The standard InChI is InChI=1S/C13H19Cl2NO2S/c1-3-19(17,18)8-4-5-13(16-2)11-7-6-10(14)9-12(11)15/h6-7,9,13,16H,3-5,8H2,1-2H3. The minimum atomic E-state index is -2.90. The van der Waals surface area contributed by atoms with E-state index in [2.05, 4.69) is 5.32 Å². The van der Waals surface area contributed by atoms with E-state index >= 15 is 0 Å². The molecular formula is C13H19Cl2NO2S. The summed E-state index contributed by atoms with van der Waals surface area (Å²) in [5.41, 5.74) is 0.947. The van der Waals surface area contributed by atoms with Crippen molar-refractivity contribution in [3.05, 3.63) is 33.8 Å². The van der Waals surface area contributed by atoms with Gasteiger partial charge in [-0.15, -0.1) is 0 Å². The van der Waals surface area contributed by atoms with Crippen molar-refractivity contribution in [2.75, 3.05) is 18.6 Å². The first-order chi connectivity index (χ1) is 8.89. The molecule has 0 heterocycles. The van der Waals surface area contributed by atoms with Crippen molar-refractivity contribution < 1.29 is 8.42 Å². The van der Waals surface area contributed by atoms with Gasteiger partial charge in [-0.1, -0.05) is 36.2 Å². The zero-order chi connectivity index (χ0) is 14.5. The lowest BCUT2D eigenvalue weighted by Crippen LogP contribution is -2.18. The van der Waals surface area contributed by atoms with Crippen LogP contribution in [0.5, 0.6) is 0 Å². The Bertz CT molecular complexity index is 517. The number of sulfone groups is 1. The average Bonchev–Trinajstić information content (AvgIpc) is 2.36. The third-order valence-electron chi connectivity index (χ3n) is 3.07. The second-order valence-electron chi connectivity index (χ2n) is 4.39. The molecule has 6 heteroatoms. The van der Waals surface area contributed by atoms with Crippen molar-refractivity contribution in [1.82, 2.24) is 5.32 Å². The van der Waals surface area contributed by atoms with Crippen molar-refractivity contribution in [3.63, 3.8) is 0 Å². The Balaban J connectivity index is 2.68. The van der Waals surface area contributed by atoms with Gasteiger partial charge in [-0.2, -0.15) is 0 Å². The maximum absolute atomic E-state index is 11.5. The Hall–Kier alpha value is -0.290. The first-order valence-electron chi connectivity index (χ1n) is 6.22. The molecule has 0 aromatic heterocycles. The molecule has 0 saturated carbocycles. The number of rotatable bonds is 7. The van der Waals surface area contributed by atoms with Crippen LogP contribution in [-0.4, -0.2) is 27.0 Å². The predicted molar refractivity (Wildman–Crippen MR) is 81.8 cm³/mol. The number of benzene rings is 1. The molecule has 19 heavy (non-hydrogen) atoms. The van der Waals surface area contributed by atoms with Gasteiger partial charge in [-0.3, -0.25) is 0 Å². The molecule has 0 aliphatic rings. The quantitative estimate of drug-likeness (QED) is 0.835. The molecular weight excluding hydrogens is 305 g/mol. The molecule has 1 aromatic carbocycles. The highest BCUT2D eigenvalue weighted by molar-refractivity contribution is 7.91. The average molecular weight is 324 g/mol. The first-order valence-corrected chi connectivity index (χ1v) is 8.80. The minimum Gasteiger partial charge on any atom is -0.313 e. The third kappa shape index (κ3) is 5.30. The molecule has 0 fully saturated rings. The lowest BCUT2D eigenvalue weighted by Gasteiger charge is -2.18. The van der Waals surface area contributed by atoms with Crippen molar-refractivity contribution >= 4 is 33.0 Å². The van der Waals surface area contributed by atoms with E-state index in [0.717, 1.165) is 12.0 Å². The van der Waals surface area contributed by atoms with Gasteiger partial charge in [0.25, 0.3) is 0 Å². The predicted octanol–water partition coefficient (Wildman–Crippen LogP) is 3.47. The van der Waals surface area contributed by atoms with Crippen LogP contribution >= 0.6 is 23.2 Å². The Labute approximate surface area is 125 Å². The summed E-state index contributed by atoms with van der Waals surface area (Å²) >= 11 is 12.0. The summed E-state index contributed by atoms with van der Waals surface area (Å²) in [6.07, 6.45) is 1.33. The fourth-order valence-electron chi connectivity index (χ4n) is 1.89. The molecule has 0 aliphatic carbocycles. The number of hydrogen-bond donors (Lipinski definition) is 1. The Kier molecular flexibility index (Phi) is 6.60. The molecule has 0 spiro atoms. The van der Waals surface area contributed by atoms with E-state index < -0.39 is 9.84 Å². The second-order valence-corrected chi connectivity index (χ2v) is 7.70. The van der Waals surface area contributed by atoms with E-state index in [4.69, 9.17) is 23.2 Å². The monoisotopic (exact) mass is 323 g/mol. The zero-order valence-corrected chi connectivity index (χ0v) is 13.4. The Morgan fingerprint density at radius 1 is 1.32 bits per heavy atom. The largest absolute Gasteiger partial charge is 0.313 e. The van der Waals surface area contributed by atoms with E-state index in [0.29, 0.717) is 16.5 Å². The molecule has 108 valence electrons. The molecule has 0 aliphatic heterocycles. The summed E-state index contributed by atoms with van der Waals surface area (Å²) in [5.74, 6) is 0.409. The van der Waals surface area contributed by atoms with Crippen LogP contribution in [0.15, 0.2) is 18.2 Å². The normalized spacial score (nSPS) is 13.5. The van der Waals surface area contributed by atoms with Gasteiger partial charge in [-0.25, -0.2) is 8.42 Å². The summed E-state index contributed by atoms with van der Waals surface area (Å²) in [4.78, 5) is 0. The van der Waals surface area contributed by atoms with Gasteiger partial charge < -0.3 is 5.32 Å². The smallest absolute Gasteiger partial charge is 0.150 e. The Morgan fingerprint density at radius 3 is 2.53 bits per heavy atom. The van der Waals surface area contributed by atoms with E-state index in [1.807, 2.05) is 13.1 Å². The lowest BCUT2D eigenvalue weighted by atomic mass is 10.0. The lowest BCUT2D eigenvalue weighted by molar-refractivity contribution is 0.535. The summed E-state index contributed by atoms with van der Waals surface area (Å²) in [6.45, 7) is 1.67. The summed E-state index contributed by atoms with van der Waals surface area (Å²) in [7, 11) is -1.07. The van der Waals surface area contributed by atoms with Crippen LogP contribution in [0.25, 0.3) is 0 Å². The zero-order valence-electron chi connectivity index (χ0n) is 11.1. The molecule has 0 bridgehead atoms. The van der Waals surface area contributed by atoms with Gasteiger partial charge in [-0.05, 0) is 37.6 Å². The fourth-order valence-corrected chi connectivity index (χ4v) is 3.33. The van der Waals surface area contributed by atoms with Crippen molar-refractivity contribution in [3.8, 4) is 0 Å². The maximum atomic E-state index is 11.5. The molecule has 0 saturated heterocycles. The molecule has 0 amide bonds. The van der Waals surface area contributed by atoms with Crippen LogP contribution in [0.2, 0.25) is 10.0 Å². The minimum absolute atomic E-state index is 0.0387. The van der Waals surface area contributed by atoms with Crippen LogP contribution < -0.4 is 5.32 Å². The van der Waals surface area contributed by atoms with E-state index in [9.17, 15) is 8.42 Å². The molecule has 1 aromatic rings. The summed E-state index contributed by atoms with van der Waals surface area (Å²) < 4.78 is 22.9. The summed E-state index contributed by atoms with van der Waals surface area (Å²) in [5, 5.41) is 4.36. The van der Waals surface area contributed by atoms with E-state index in [1.54, 1.807) is 19.1 Å². The van der Waals surface area contributed by atoms with Crippen molar-refractivity contribution in [2.24, 2.45) is 0 Å². The van der Waals surface area contributed by atoms with Gasteiger partial charge in [0.15, 0.2) is 0 Å². The van der Waals surface area contributed by atoms with Crippen LogP contribution in [0.1, 0.15) is 31.4 Å². The highest BCUT2D eigenvalue weighted by atomic mass is 35.5. The van der Waals surface area contributed by atoms with Gasteiger partial charge >= 0.3 is 0 Å². The number of hydrogen-bond acceptors (Lipinski definition) is 3.